The zero-order valence-corrected chi connectivity index (χ0v) is 20.6. The van der Waals surface area contributed by atoms with Gasteiger partial charge in [-0.1, -0.05) is 45.4 Å². The number of ether oxygens (including phenoxy) is 1. The fourth-order valence-corrected chi connectivity index (χ4v) is 4.42. The van der Waals surface area contributed by atoms with E-state index in [2.05, 4.69) is 22.7 Å². The number of amides is 1. The third-order valence-corrected chi connectivity index (χ3v) is 6.84. The first-order valence-corrected chi connectivity index (χ1v) is 12.2. The number of hydrogen-bond acceptors (Lipinski definition) is 6. The highest BCUT2D eigenvalue weighted by molar-refractivity contribution is 7.80. The monoisotopic (exact) mass is 458 g/mol. The average Bonchev–Trinajstić information content (AvgIpc) is 2.77. The fourth-order valence-electron chi connectivity index (χ4n) is 4.26. The highest BCUT2D eigenvalue weighted by Gasteiger charge is 2.41. The van der Waals surface area contributed by atoms with Gasteiger partial charge in [0.2, 0.25) is 5.91 Å². The second-order valence-electron chi connectivity index (χ2n) is 9.29. The van der Waals surface area contributed by atoms with Crippen LogP contribution >= 0.6 is 12.6 Å². The molecule has 0 bridgehead atoms. The van der Waals surface area contributed by atoms with Gasteiger partial charge in [0.15, 0.2) is 0 Å². The van der Waals surface area contributed by atoms with Gasteiger partial charge in [-0.3, -0.25) is 9.59 Å². The minimum atomic E-state index is -1.33. The maximum atomic E-state index is 12.1. The number of carboxylic acids is 1. The molecule has 2 aliphatic carbocycles. The summed E-state index contributed by atoms with van der Waals surface area (Å²) in [6.45, 7) is 3.96. The molecule has 1 unspecified atom stereocenters. The van der Waals surface area contributed by atoms with Crippen molar-refractivity contribution in [1.29, 1.82) is 0 Å². The topological polar surface area (TPSA) is 95.9 Å². The lowest BCUT2D eigenvalue weighted by Crippen LogP contribution is -2.56. The second-order valence-corrected chi connectivity index (χ2v) is 9.65. The molecule has 2 N–H and O–H groups in total. The third-order valence-electron chi connectivity index (χ3n) is 6.30. The van der Waals surface area contributed by atoms with E-state index in [4.69, 9.17) is 5.11 Å². The van der Waals surface area contributed by atoms with E-state index >= 15 is 0 Å². The Bertz CT molecular complexity index is 556. The van der Waals surface area contributed by atoms with E-state index in [1.807, 2.05) is 0 Å². The van der Waals surface area contributed by atoms with Gasteiger partial charge in [-0.05, 0) is 39.5 Å². The molecule has 1 amide bonds. The van der Waals surface area contributed by atoms with Gasteiger partial charge in [0.25, 0.3) is 0 Å². The molecule has 1 atom stereocenters. The summed E-state index contributed by atoms with van der Waals surface area (Å²) >= 11 is 4.00. The number of hydrogen-bond donors (Lipinski definition) is 3. The van der Waals surface area contributed by atoms with Crippen molar-refractivity contribution in [2.24, 2.45) is 5.92 Å². The van der Waals surface area contributed by atoms with Gasteiger partial charge < -0.3 is 20.1 Å². The molecule has 180 valence electrons. The Kier molecular flexibility index (Phi) is 12.5. The average molecular weight is 459 g/mol. The molecule has 8 heteroatoms. The van der Waals surface area contributed by atoms with Gasteiger partial charge in [0.05, 0.1) is 7.11 Å². The number of thiol groups is 1. The SMILES string of the molecule is C1CCC(NC2CCCCC2)CC1.COC(=O)C(C)(C)N(CC(=O)O)C(=O)C(C)CS. The van der Waals surface area contributed by atoms with E-state index in [9.17, 15) is 14.4 Å². The summed E-state index contributed by atoms with van der Waals surface area (Å²) in [5.74, 6) is -2.50. The van der Waals surface area contributed by atoms with E-state index < -0.39 is 35.8 Å². The highest BCUT2D eigenvalue weighted by atomic mass is 32.1. The van der Waals surface area contributed by atoms with E-state index in [0.29, 0.717) is 0 Å². The molecule has 2 saturated carbocycles. The van der Waals surface area contributed by atoms with Crippen molar-refractivity contribution in [3.63, 3.8) is 0 Å². The molecular formula is C23H42N2O5S. The van der Waals surface area contributed by atoms with E-state index in [1.165, 1.54) is 85.2 Å². The molecule has 2 aliphatic rings. The van der Waals surface area contributed by atoms with Gasteiger partial charge in [-0.15, -0.1) is 0 Å². The summed E-state index contributed by atoms with van der Waals surface area (Å²) in [6, 6.07) is 1.74. The Hall–Kier alpha value is -1.28. The summed E-state index contributed by atoms with van der Waals surface area (Å²) in [4.78, 5) is 35.5. The Labute approximate surface area is 193 Å². The normalized spacial score (nSPS) is 19.0. The summed E-state index contributed by atoms with van der Waals surface area (Å²) < 4.78 is 4.60. The molecule has 7 nitrogen and oxygen atoms in total. The lowest BCUT2D eigenvalue weighted by molar-refractivity contribution is -0.163. The van der Waals surface area contributed by atoms with Crippen LogP contribution in [-0.4, -0.2) is 64.9 Å². The molecule has 0 aliphatic heterocycles. The third kappa shape index (κ3) is 9.39. The number of nitrogens with one attached hydrogen (secondary N) is 1. The van der Waals surface area contributed by atoms with Crippen LogP contribution in [-0.2, 0) is 19.1 Å². The van der Waals surface area contributed by atoms with Gasteiger partial charge in [0.1, 0.15) is 12.1 Å². The quantitative estimate of drug-likeness (QED) is 0.379. The predicted molar refractivity (Wildman–Crippen MR) is 125 cm³/mol. The second kappa shape index (κ2) is 14.0. The molecule has 0 radical (unpaired) electrons. The van der Waals surface area contributed by atoms with Crippen LogP contribution in [0.15, 0.2) is 0 Å². The van der Waals surface area contributed by atoms with Crippen molar-refractivity contribution >= 4 is 30.5 Å². The summed E-state index contributed by atoms with van der Waals surface area (Å²) in [7, 11) is 1.19. The van der Waals surface area contributed by atoms with Crippen LogP contribution < -0.4 is 5.32 Å². The van der Waals surface area contributed by atoms with Crippen molar-refractivity contribution in [1.82, 2.24) is 10.2 Å². The van der Waals surface area contributed by atoms with Gasteiger partial charge in [0, 0.05) is 23.8 Å². The van der Waals surface area contributed by atoms with Crippen LogP contribution in [0.5, 0.6) is 0 Å². The lowest BCUT2D eigenvalue weighted by Gasteiger charge is -2.36. The fraction of sp³-hybridized carbons (Fsp3) is 0.870. The predicted octanol–water partition coefficient (Wildman–Crippen LogP) is 3.66. The molecule has 2 fully saturated rings. The number of rotatable bonds is 8. The molecule has 0 aromatic carbocycles. The molecule has 0 aromatic heterocycles. The number of methoxy groups -OCH3 is 1. The largest absolute Gasteiger partial charge is 0.480 e. The Balaban J connectivity index is 0.000000323. The van der Waals surface area contributed by atoms with Gasteiger partial charge in [-0.25, -0.2) is 4.79 Å². The summed E-state index contributed by atoms with van der Waals surface area (Å²) in [5, 5.41) is 12.7. The first kappa shape index (κ1) is 27.8. The highest BCUT2D eigenvalue weighted by Crippen LogP contribution is 2.23. The van der Waals surface area contributed by atoms with E-state index in [1.54, 1.807) is 6.92 Å². The number of aliphatic carboxylic acids is 1. The number of carbonyl (C=O) groups is 3. The Morgan fingerprint density at radius 2 is 1.48 bits per heavy atom. The number of nitrogens with zero attached hydrogens (tertiary/aromatic N) is 1. The Morgan fingerprint density at radius 3 is 1.84 bits per heavy atom. The van der Waals surface area contributed by atoms with Crippen molar-refractivity contribution in [3.8, 4) is 0 Å². The first-order valence-electron chi connectivity index (χ1n) is 11.6. The minimum Gasteiger partial charge on any atom is -0.480 e. The first-order chi connectivity index (χ1) is 14.6. The Morgan fingerprint density at radius 1 is 1.03 bits per heavy atom. The van der Waals surface area contributed by atoms with Crippen LogP contribution in [0, 0.1) is 5.92 Å². The van der Waals surface area contributed by atoms with Crippen LogP contribution in [0.4, 0.5) is 0 Å². The summed E-state index contributed by atoms with van der Waals surface area (Å²) in [5.41, 5.74) is -1.33. The molecule has 0 saturated heterocycles. The van der Waals surface area contributed by atoms with Crippen LogP contribution in [0.1, 0.15) is 85.0 Å². The van der Waals surface area contributed by atoms with Gasteiger partial charge in [-0.2, -0.15) is 12.6 Å². The van der Waals surface area contributed by atoms with E-state index in [0.717, 1.165) is 17.0 Å². The number of esters is 1. The minimum absolute atomic E-state index is 0.270. The number of carbonyl (C=O) groups excluding carboxylic acids is 2. The van der Waals surface area contributed by atoms with Crippen molar-refractivity contribution in [2.75, 3.05) is 19.4 Å². The lowest BCUT2D eigenvalue weighted by atomic mass is 9.91. The van der Waals surface area contributed by atoms with Crippen molar-refractivity contribution in [2.45, 2.75) is 103 Å². The zero-order valence-electron chi connectivity index (χ0n) is 19.7. The zero-order chi connectivity index (χ0) is 23.4. The van der Waals surface area contributed by atoms with E-state index in [-0.39, 0.29) is 5.75 Å². The van der Waals surface area contributed by atoms with Gasteiger partial charge >= 0.3 is 11.9 Å². The molecule has 31 heavy (non-hydrogen) atoms. The maximum Gasteiger partial charge on any atom is 0.331 e. The maximum absolute atomic E-state index is 12.1. The number of carboxylic acid groups (broad SMARTS) is 1. The van der Waals surface area contributed by atoms with Crippen molar-refractivity contribution in [3.05, 3.63) is 0 Å². The molecular weight excluding hydrogens is 416 g/mol. The van der Waals surface area contributed by atoms with Crippen LogP contribution in [0.3, 0.4) is 0 Å². The standard InChI is InChI=1S/C12H23N.C11H19NO5S/c1-3-7-11(8-4-1)13-12-9-5-2-6-10-12;1-7(6-18)9(15)12(5-8(13)14)11(2,3)10(16)17-4/h11-13H,1-10H2;7,18H,5-6H2,1-4H3,(H,13,14). The van der Waals surface area contributed by atoms with Crippen molar-refractivity contribution < 1.29 is 24.2 Å². The molecule has 0 aromatic rings. The van der Waals surface area contributed by atoms with Crippen LogP contribution in [0.25, 0.3) is 0 Å². The summed E-state index contributed by atoms with van der Waals surface area (Å²) in [6.07, 6.45) is 14.6. The smallest absolute Gasteiger partial charge is 0.331 e. The van der Waals surface area contributed by atoms with Crippen LogP contribution in [0.2, 0.25) is 0 Å². The molecule has 2 rings (SSSR count). The molecule has 0 spiro atoms. The molecule has 0 heterocycles.